The van der Waals surface area contributed by atoms with Crippen molar-refractivity contribution in [2.75, 3.05) is 23.9 Å². The van der Waals surface area contributed by atoms with Gasteiger partial charge in [0.2, 0.25) is 5.91 Å². The van der Waals surface area contributed by atoms with Crippen LogP contribution in [0.3, 0.4) is 0 Å². The van der Waals surface area contributed by atoms with Crippen molar-refractivity contribution in [2.45, 2.75) is 32.1 Å². The highest BCUT2D eigenvalue weighted by atomic mass is 32.1. The maximum absolute atomic E-state index is 14.0. The van der Waals surface area contributed by atoms with Crippen LogP contribution in [0.5, 0.6) is 0 Å². The first kappa shape index (κ1) is 28.3. The van der Waals surface area contributed by atoms with Crippen molar-refractivity contribution in [1.29, 1.82) is 0 Å². The van der Waals surface area contributed by atoms with Crippen molar-refractivity contribution in [3.8, 4) is 5.69 Å². The molecule has 1 amide bonds. The molecule has 2 atom stereocenters. The fraction of sp³-hybridized carbons (Fsp3) is 0.233. The molecular formula is C30H28F3N5O2S. The van der Waals surface area contributed by atoms with Crippen molar-refractivity contribution in [1.82, 2.24) is 14.9 Å². The minimum absolute atomic E-state index is 0.0619. The van der Waals surface area contributed by atoms with Gasteiger partial charge in [0.15, 0.2) is 5.11 Å². The molecule has 41 heavy (non-hydrogen) atoms. The third-order valence-corrected chi connectivity index (χ3v) is 7.36. The number of methoxy groups -OCH3 is 1. The topological polar surface area (TPSA) is 71.4 Å². The van der Waals surface area contributed by atoms with Gasteiger partial charge in [0.25, 0.3) is 0 Å². The first-order valence-electron chi connectivity index (χ1n) is 12.8. The summed E-state index contributed by atoms with van der Waals surface area (Å²) in [6, 6.07) is 19.5. The van der Waals surface area contributed by atoms with Gasteiger partial charge >= 0.3 is 6.18 Å². The Balaban J connectivity index is 1.61. The van der Waals surface area contributed by atoms with E-state index in [4.69, 9.17) is 17.0 Å². The van der Waals surface area contributed by atoms with Crippen LogP contribution in [-0.2, 0) is 15.7 Å². The van der Waals surface area contributed by atoms with E-state index in [2.05, 4.69) is 15.6 Å². The quantitative estimate of drug-likeness (QED) is 0.252. The number of halogens is 3. The number of hydrogen-bond acceptors (Lipinski definition) is 4. The maximum Gasteiger partial charge on any atom is 0.418 e. The lowest BCUT2D eigenvalue weighted by Crippen LogP contribution is -2.29. The van der Waals surface area contributed by atoms with Crippen LogP contribution in [0.4, 0.5) is 24.5 Å². The zero-order chi connectivity index (χ0) is 29.3. The number of hydrogen-bond donors (Lipinski definition) is 2. The van der Waals surface area contributed by atoms with Crippen molar-refractivity contribution in [3.05, 3.63) is 107 Å². The smallest absolute Gasteiger partial charge is 0.375 e. The monoisotopic (exact) mass is 579 g/mol. The molecule has 1 aliphatic rings. The molecule has 0 bridgehead atoms. The van der Waals surface area contributed by atoms with E-state index >= 15 is 0 Å². The molecule has 0 spiro atoms. The number of aryl methyl sites for hydroxylation is 1. The second-order valence-electron chi connectivity index (χ2n) is 9.70. The van der Waals surface area contributed by atoms with Crippen molar-refractivity contribution < 1.29 is 22.7 Å². The maximum atomic E-state index is 14.0. The summed E-state index contributed by atoms with van der Waals surface area (Å²) in [7, 11) is 1.45. The van der Waals surface area contributed by atoms with Crippen LogP contribution in [0.2, 0.25) is 0 Å². The molecule has 0 radical (unpaired) electrons. The lowest BCUT2D eigenvalue weighted by molar-refractivity contribution is -0.137. The Labute approximate surface area is 241 Å². The Morgan fingerprint density at radius 1 is 1.07 bits per heavy atom. The Bertz CT molecular complexity index is 1570. The first-order valence-corrected chi connectivity index (χ1v) is 13.3. The summed E-state index contributed by atoms with van der Waals surface area (Å²) in [6.45, 7) is 3.55. The van der Waals surface area contributed by atoms with E-state index in [0.717, 1.165) is 23.0 Å². The van der Waals surface area contributed by atoms with E-state index < -0.39 is 17.8 Å². The average Bonchev–Trinajstić information content (AvgIpc) is 3.44. The van der Waals surface area contributed by atoms with Gasteiger partial charge in [-0.25, -0.2) is 0 Å². The molecule has 2 N–H and O–H groups in total. The third-order valence-electron chi connectivity index (χ3n) is 7.04. The van der Waals surface area contributed by atoms with Crippen LogP contribution in [0, 0.1) is 13.8 Å². The van der Waals surface area contributed by atoms with Gasteiger partial charge in [-0.1, -0.05) is 18.2 Å². The molecule has 11 heteroatoms. The average molecular weight is 580 g/mol. The lowest BCUT2D eigenvalue weighted by atomic mass is 9.96. The predicted octanol–water partition coefficient (Wildman–Crippen LogP) is 6.27. The first-order chi connectivity index (χ1) is 19.6. The van der Waals surface area contributed by atoms with E-state index in [9.17, 15) is 18.0 Å². The van der Waals surface area contributed by atoms with E-state index in [-0.39, 0.29) is 24.2 Å². The number of alkyl halides is 3. The summed E-state index contributed by atoms with van der Waals surface area (Å²) in [5.74, 6) is -0.279. The minimum atomic E-state index is -4.51. The highest BCUT2D eigenvalue weighted by Crippen LogP contribution is 2.44. The summed E-state index contributed by atoms with van der Waals surface area (Å²) < 4.78 is 48.5. The molecule has 1 aliphatic heterocycles. The molecule has 4 aromatic rings. The van der Waals surface area contributed by atoms with Gasteiger partial charge < -0.3 is 24.8 Å². The fourth-order valence-electron chi connectivity index (χ4n) is 5.35. The number of carbonyl (C=O) groups excluding carboxylic acids is 1. The molecule has 0 aliphatic carbocycles. The van der Waals surface area contributed by atoms with Crippen LogP contribution in [0.1, 0.15) is 40.3 Å². The minimum Gasteiger partial charge on any atom is -0.375 e. The van der Waals surface area contributed by atoms with Gasteiger partial charge in [0.05, 0.1) is 29.0 Å². The zero-order valence-corrected chi connectivity index (χ0v) is 23.4. The van der Waals surface area contributed by atoms with E-state index in [0.29, 0.717) is 22.2 Å². The molecule has 1 fully saturated rings. The molecule has 2 unspecified atom stereocenters. The van der Waals surface area contributed by atoms with Crippen molar-refractivity contribution >= 4 is 34.6 Å². The van der Waals surface area contributed by atoms with Gasteiger partial charge in [-0.2, -0.15) is 13.2 Å². The molecule has 1 saturated heterocycles. The number of nitrogens with one attached hydrogen (secondary N) is 2. The summed E-state index contributed by atoms with van der Waals surface area (Å²) in [6.07, 6.45) is -2.82. The molecule has 7 nitrogen and oxygen atoms in total. The molecule has 2 aromatic carbocycles. The summed E-state index contributed by atoms with van der Waals surface area (Å²) in [4.78, 5) is 18.5. The number of rotatable bonds is 7. The lowest BCUT2D eigenvalue weighted by Gasteiger charge is -2.28. The van der Waals surface area contributed by atoms with Crippen molar-refractivity contribution in [3.63, 3.8) is 0 Å². The molecule has 3 heterocycles. The second kappa shape index (κ2) is 11.3. The summed E-state index contributed by atoms with van der Waals surface area (Å²) >= 11 is 5.81. The fourth-order valence-corrected chi connectivity index (χ4v) is 5.69. The van der Waals surface area contributed by atoms with Crippen LogP contribution in [-0.4, -0.2) is 34.3 Å². The number of nitrogens with zero attached hydrogens (tertiary/aromatic N) is 3. The van der Waals surface area contributed by atoms with Crippen LogP contribution >= 0.6 is 12.2 Å². The molecule has 2 aromatic heterocycles. The van der Waals surface area contributed by atoms with Crippen molar-refractivity contribution in [2.24, 2.45) is 0 Å². The van der Waals surface area contributed by atoms with E-state index in [1.165, 1.54) is 19.2 Å². The number of carbonyl (C=O) groups is 1. The molecule has 0 saturated carbocycles. The number of amides is 1. The van der Waals surface area contributed by atoms with Gasteiger partial charge in [-0.05, 0) is 86.2 Å². The number of aromatic nitrogens is 2. The Kier molecular flexibility index (Phi) is 7.83. The number of para-hydroxylation sites is 1. The van der Waals surface area contributed by atoms with Gasteiger partial charge in [0, 0.05) is 36.1 Å². The SMILES string of the molecule is COCC(=O)Nc1ccc(N2C(=S)NC(c3ccccn3)C2c2cc(C)n(-c3ccccc3C(F)(F)F)c2C)cc1. The second-order valence-corrected chi connectivity index (χ2v) is 10.1. The van der Waals surface area contributed by atoms with Gasteiger partial charge in [-0.3, -0.25) is 9.78 Å². The number of pyridine rings is 1. The largest absolute Gasteiger partial charge is 0.418 e. The number of thiocarbonyl (C=S) groups is 1. The van der Waals surface area contributed by atoms with E-state index in [1.807, 2.05) is 48.2 Å². The summed E-state index contributed by atoms with van der Waals surface area (Å²) in [5, 5.41) is 6.60. The number of ether oxygens (including phenoxy) is 1. The predicted molar refractivity (Wildman–Crippen MR) is 155 cm³/mol. The third kappa shape index (κ3) is 5.55. The van der Waals surface area contributed by atoms with Gasteiger partial charge in [0.1, 0.15) is 6.61 Å². The standard InChI is InChI=1S/C30H28F3N5O2S/c1-18-16-22(19(2)37(18)25-10-5-4-8-23(25)30(31,32)33)28-27(24-9-6-7-15-34-24)36-29(41)38(28)21-13-11-20(12-14-21)35-26(39)17-40-3/h4-16,27-28H,17H2,1-3H3,(H,35,39)(H,36,41). The Morgan fingerprint density at radius 3 is 2.44 bits per heavy atom. The zero-order valence-electron chi connectivity index (χ0n) is 22.6. The van der Waals surface area contributed by atoms with Crippen LogP contribution < -0.4 is 15.5 Å². The number of benzene rings is 2. The highest BCUT2D eigenvalue weighted by Gasteiger charge is 2.43. The molecule has 212 valence electrons. The highest BCUT2D eigenvalue weighted by molar-refractivity contribution is 7.80. The summed E-state index contributed by atoms with van der Waals surface area (Å²) in [5.41, 5.74) is 3.55. The Hall–Kier alpha value is -4.22. The van der Waals surface area contributed by atoms with Crippen LogP contribution in [0.15, 0.2) is 79.0 Å². The van der Waals surface area contributed by atoms with Gasteiger partial charge in [-0.15, -0.1) is 0 Å². The Morgan fingerprint density at radius 2 is 1.78 bits per heavy atom. The molecule has 5 rings (SSSR count). The number of anilines is 2. The van der Waals surface area contributed by atoms with Crippen LogP contribution in [0.25, 0.3) is 5.69 Å². The van der Waals surface area contributed by atoms with E-state index in [1.54, 1.807) is 35.9 Å². The molecular weight excluding hydrogens is 551 g/mol. The normalized spacial score (nSPS) is 17.0.